The Morgan fingerprint density at radius 3 is 1.66 bits per heavy atom. The monoisotopic (exact) mass is 436 g/mol. The van der Waals surface area contributed by atoms with Crippen molar-refractivity contribution in [1.29, 1.82) is 0 Å². The maximum atomic E-state index is 10.9. The molecule has 1 atom stereocenters. The second-order valence-corrected chi connectivity index (χ2v) is 6.82. The first-order valence-electron chi connectivity index (χ1n) is 8.50. The topological polar surface area (TPSA) is 83.5 Å². The molecule has 0 aliphatic rings. The van der Waals surface area contributed by atoms with E-state index in [-0.39, 0.29) is 0 Å². The van der Waals surface area contributed by atoms with Gasteiger partial charge >= 0.3 is 14.2 Å². The molecule has 7 nitrogen and oxygen atoms in total. The molecule has 1 unspecified atom stereocenters. The van der Waals surface area contributed by atoms with Crippen molar-refractivity contribution < 1.29 is 33.2 Å². The molecule has 0 aromatic heterocycles. The summed E-state index contributed by atoms with van der Waals surface area (Å²) in [6.07, 6.45) is 0. The van der Waals surface area contributed by atoms with Gasteiger partial charge in [-0.05, 0) is 48.5 Å². The summed E-state index contributed by atoms with van der Waals surface area (Å²) in [5, 5.41) is 0.523. The van der Waals surface area contributed by atoms with Crippen LogP contribution in [0.1, 0.15) is 0 Å². The minimum absolute atomic E-state index is 0.363. The highest BCUT2D eigenvalue weighted by Gasteiger charge is 2.40. The average molecular weight is 437 g/mol. The van der Waals surface area contributed by atoms with Crippen LogP contribution >= 0.6 is 19.9 Å². The second kappa shape index (κ2) is 10.3. The zero-order valence-corrected chi connectivity index (χ0v) is 16.8. The number of hydrogen-bond donors (Lipinski definition) is 1. The first-order chi connectivity index (χ1) is 14.0. The Morgan fingerprint density at radius 1 is 0.759 bits per heavy atom. The molecule has 3 aromatic carbocycles. The van der Waals surface area contributed by atoms with E-state index in [0.29, 0.717) is 22.3 Å². The van der Waals surface area contributed by atoms with Crippen LogP contribution in [0.25, 0.3) is 0 Å². The lowest BCUT2D eigenvalue weighted by Crippen LogP contribution is -2.52. The summed E-state index contributed by atoms with van der Waals surface area (Å²) in [6.45, 7) is -0.490. The second-order valence-electron chi connectivity index (χ2n) is 5.68. The molecular weight excluding hydrogens is 419 g/mol. The molecule has 9 heteroatoms. The van der Waals surface area contributed by atoms with Crippen molar-refractivity contribution in [2.45, 2.75) is 5.97 Å². The Bertz CT molecular complexity index is 866. The molecule has 0 saturated carbocycles. The van der Waals surface area contributed by atoms with E-state index in [9.17, 15) is 4.57 Å². The smallest absolute Gasteiger partial charge is 0.419 e. The SMILES string of the molecule is O=[PH](O)OOCC(Oc1ccccc1)(Oc1ccccc1)Oc1ccc(Cl)cc1. The van der Waals surface area contributed by atoms with Gasteiger partial charge in [0.05, 0.1) is 0 Å². The molecule has 0 amide bonds. The first kappa shape index (κ1) is 21.2. The van der Waals surface area contributed by atoms with Crippen molar-refractivity contribution in [3.8, 4) is 17.2 Å². The van der Waals surface area contributed by atoms with Crippen LogP contribution in [0.3, 0.4) is 0 Å². The molecule has 0 radical (unpaired) electrons. The van der Waals surface area contributed by atoms with E-state index in [1.807, 2.05) is 12.1 Å². The van der Waals surface area contributed by atoms with E-state index in [4.69, 9.17) is 35.6 Å². The van der Waals surface area contributed by atoms with Gasteiger partial charge in [-0.2, -0.15) is 4.67 Å². The molecule has 1 N–H and O–H groups in total. The van der Waals surface area contributed by atoms with Crippen LogP contribution < -0.4 is 14.2 Å². The van der Waals surface area contributed by atoms with Gasteiger partial charge in [0.2, 0.25) is 6.61 Å². The minimum Gasteiger partial charge on any atom is -0.419 e. The number of para-hydroxylation sites is 2. The van der Waals surface area contributed by atoms with Gasteiger partial charge in [0.15, 0.2) is 0 Å². The van der Waals surface area contributed by atoms with Crippen LogP contribution in [0.4, 0.5) is 0 Å². The van der Waals surface area contributed by atoms with E-state index in [1.165, 1.54) is 0 Å². The van der Waals surface area contributed by atoms with Crippen molar-refractivity contribution >= 4 is 19.9 Å². The van der Waals surface area contributed by atoms with E-state index < -0.39 is 20.8 Å². The zero-order valence-electron chi connectivity index (χ0n) is 15.1. The van der Waals surface area contributed by atoms with Gasteiger partial charge in [0.25, 0.3) is 0 Å². The largest absolute Gasteiger partial charge is 0.445 e. The number of halogens is 1. The molecule has 3 aromatic rings. The summed E-state index contributed by atoms with van der Waals surface area (Å²) >= 11 is 5.94. The third kappa shape index (κ3) is 6.78. The van der Waals surface area contributed by atoms with E-state index in [0.717, 1.165) is 0 Å². The quantitative estimate of drug-likeness (QED) is 0.210. The number of benzene rings is 3. The lowest BCUT2D eigenvalue weighted by molar-refractivity contribution is -0.334. The molecule has 0 aliphatic carbocycles. The van der Waals surface area contributed by atoms with E-state index in [2.05, 4.69) is 4.67 Å². The van der Waals surface area contributed by atoms with E-state index >= 15 is 0 Å². The Kier molecular flexibility index (Phi) is 7.52. The van der Waals surface area contributed by atoms with Crippen LogP contribution in [-0.2, 0) is 14.1 Å². The maximum absolute atomic E-state index is 10.9. The normalized spacial score (nSPS) is 12.2. The Labute approximate surface area is 173 Å². The highest BCUT2D eigenvalue weighted by atomic mass is 35.5. The predicted octanol–water partition coefficient (Wildman–Crippen LogP) is 4.86. The van der Waals surface area contributed by atoms with Gasteiger partial charge in [-0.3, -0.25) is 4.57 Å². The van der Waals surface area contributed by atoms with Crippen molar-refractivity contribution in [1.82, 2.24) is 0 Å². The molecule has 0 fully saturated rings. The van der Waals surface area contributed by atoms with Crippen molar-refractivity contribution in [2.75, 3.05) is 6.61 Å². The van der Waals surface area contributed by atoms with Crippen LogP contribution in [0.2, 0.25) is 5.02 Å². The number of hydrogen-bond acceptors (Lipinski definition) is 6. The fourth-order valence-electron chi connectivity index (χ4n) is 2.32. The Morgan fingerprint density at radius 2 is 1.21 bits per heavy atom. The van der Waals surface area contributed by atoms with Gasteiger partial charge in [0, 0.05) is 5.02 Å². The van der Waals surface area contributed by atoms with Gasteiger partial charge < -0.3 is 19.1 Å². The first-order valence-corrected chi connectivity index (χ1v) is 10.1. The predicted molar refractivity (Wildman–Crippen MR) is 107 cm³/mol. The average Bonchev–Trinajstić information content (AvgIpc) is 2.71. The van der Waals surface area contributed by atoms with Gasteiger partial charge in [-0.15, -0.1) is 0 Å². The van der Waals surface area contributed by atoms with Crippen LogP contribution in [0.5, 0.6) is 17.2 Å². The van der Waals surface area contributed by atoms with Gasteiger partial charge in [0.1, 0.15) is 17.2 Å². The summed E-state index contributed by atoms with van der Waals surface area (Å²) in [6, 6.07) is 24.0. The third-order valence-electron chi connectivity index (χ3n) is 3.49. The minimum atomic E-state index is -3.33. The lowest BCUT2D eigenvalue weighted by atomic mass is 10.3. The molecule has 0 heterocycles. The summed E-state index contributed by atoms with van der Waals surface area (Å²) in [4.78, 5) is 13.8. The van der Waals surface area contributed by atoms with Crippen molar-refractivity contribution in [3.63, 3.8) is 0 Å². The number of rotatable bonds is 10. The molecular formula is C20H18ClO7P. The molecule has 29 heavy (non-hydrogen) atoms. The lowest BCUT2D eigenvalue weighted by Gasteiger charge is -2.33. The van der Waals surface area contributed by atoms with Crippen LogP contribution in [0, 0.1) is 0 Å². The highest BCUT2D eigenvalue weighted by Crippen LogP contribution is 2.29. The molecule has 0 aliphatic heterocycles. The van der Waals surface area contributed by atoms with Crippen molar-refractivity contribution in [3.05, 3.63) is 90.0 Å². The molecule has 152 valence electrons. The number of ether oxygens (including phenoxy) is 3. The highest BCUT2D eigenvalue weighted by molar-refractivity contribution is 7.31. The summed E-state index contributed by atoms with van der Waals surface area (Å²) in [5.74, 6) is -0.690. The summed E-state index contributed by atoms with van der Waals surface area (Å²) in [5.41, 5.74) is 0. The Balaban J connectivity index is 1.94. The van der Waals surface area contributed by atoms with Crippen LogP contribution in [-0.4, -0.2) is 17.5 Å². The molecule has 0 bridgehead atoms. The zero-order chi connectivity index (χ0) is 20.5. The van der Waals surface area contributed by atoms with Crippen molar-refractivity contribution in [2.24, 2.45) is 0 Å². The van der Waals surface area contributed by atoms with E-state index in [1.54, 1.807) is 72.8 Å². The van der Waals surface area contributed by atoms with Gasteiger partial charge in [-0.25, -0.2) is 4.89 Å². The van der Waals surface area contributed by atoms with Crippen LogP contribution in [0.15, 0.2) is 84.9 Å². The Hall–Kier alpha value is -2.54. The molecule has 0 spiro atoms. The third-order valence-corrected chi connectivity index (χ3v) is 4.00. The molecule has 3 rings (SSSR count). The summed E-state index contributed by atoms with van der Waals surface area (Å²) < 4.78 is 33.2. The van der Waals surface area contributed by atoms with Gasteiger partial charge in [-0.1, -0.05) is 48.0 Å². The summed E-state index contributed by atoms with van der Waals surface area (Å²) in [7, 11) is -3.33. The molecule has 0 saturated heterocycles. The fourth-order valence-corrected chi connectivity index (χ4v) is 2.61. The fraction of sp³-hybridized carbons (Fsp3) is 0.100. The maximum Gasteiger partial charge on any atom is 0.445 e. The standard InChI is InChI=1S/C20H18ClO7P/c21-16-11-13-19(14-12-16)27-20(15-24-28-29(22)23,25-17-7-3-1-4-8-17)26-18-9-5-2-6-10-18/h1-14,29H,15H2,(H,22,23).